The van der Waals surface area contributed by atoms with E-state index < -0.39 is 0 Å². The highest BCUT2D eigenvalue weighted by Gasteiger charge is 2.54. The van der Waals surface area contributed by atoms with Crippen LogP contribution < -0.4 is 4.90 Å². The molecule has 0 unspecified atom stereocenters. The number of benzene rings is 1. The SMILES string of the molecule is C=CC(=O)N1CC2(CC(n3nc(N4CCN(Cc5cn(C)nn5)C[C@]4(C)CC)c(-c4c(Cl)c(C)cc5[nH]ncc45)c3C)C2)C1. The van der Waals surface area contributed by atoms with Crippen molar-refractivity contribution >= 4 is 34.2 Å². The Kier molecular flexibility index (Phi) is 6.89. The van der Waals surface area contributed by atoms with Gasteiger partial charge in [0.1, 0.15) is 0 Å². The summed E-state index contributed by atoms with van der Waals surface area (Å²) in [5.74, 6) is 1.01. The minimum Gasteiger partial charge on any atom is -0.347 e. The number of aromatic nitrogens is 7. The molecule has 1 atom stereocenters. The second-order valence-electron chi connectivity index (χ2n) is 13.5. The van der Waals surface area contributed by atoms with Crippen molar-refractivity contribution in [2.75, 3.05) is 37.6 Å². The molecule has 3 fully saturated rings. The molecule has 1 spiro atoms. The zero-order valence-electron chi connectivity index (χ0n) is 26.3. The van der Waals surface area contributed by atoms with Gasteiger partial charge < -0.3 is 9.80 Å². The summed E-state index contributed by atoms with van der Waals surface area (Å²) in [5.41, 5.74) is 6.19. The van der Waals surface area contributed by atoms with Gasteiger partial charge in [-0.25, -0.2) is 0 Å². The molecule has 4 aromatic rings. The van der Waals surface area contributed by atoms with Crippen molar-refractivity contribution in [2.45, 2.75) is 65.1 Å². The Balaban J connectivity index is 1.27. The molecule has 232 valence electrons. The third kappa shape index (κ3) is 4.54. The van der Waals surface area contributed by atoms with Crippen LogP contribution in [0.5, 0.6) is 0 Å². The van der Waals surface area contributed by atoms with E-state index >= 15 is 0 Å². The Morgan fingerprint density at radius 1 is 1.20 bits per heavy atom. The van der Waals surface area contributed by atoms with Crippen molar-refractivity contribution in [2.24, 2.45) is 12.5 Å². The van der Waals surface area contributed by atoms with Crippen molar-refractivity contribution in [3.63, 3.8) is 0 Å². The standard InChI is InChI=1S/C32H41ClN10O/c1-7-26(44)41-18-32(19-41)12-23(13-32)43-21(4)27(28-24-14-34-36-25(24)11-20(3)29(28)33)30(37-43)42-10-9-40(17-31(42,5)8-2)16-22-15-39(6)38-35-22/h7,11,14-15,23H,1,8-10,12-13,16-19H2,2-6H3,(H,34,36)/t31-/m0/s1. The molecule has 1 aliphatic carbocycles. The van der Waals surface area contributed by atoms with E-state index in [-0.39, 0.29) is 22.9 Å². The number of likely N-dealkylation sites (tertiary alicyclic amines) is 1. The van der Waals surface area contributed by atoms with Crippen LogP contribution in [-0.4, -0.2) is 88.9 Å². The van der Waals surface area contributed by atoms with Crippen LogP contribution in [0.2, 0.25) is 5.02 Å². The molecule has 2 aliphatic heterocycles. The van der Waals surface area contributed by atoms with Crippen molar-refractivity contribution in [3.8, 4) is 11.1 Å². The number of rotatable bonds is 7. The number of hydrogen-bond acceptors (Lipinski definition) is 7. The second kappa shape index (κ2) is 10.4. The Bertz CT molecular complexity index is 1760. The number of carbonyl (C=O) groups excluding carboxylic acids is 1. The van der Waals surface area contributed by atoms with Gasteiger partial charge in [0, 0.05) is 80.1 Å². The molecular formula is C32H41ClN10O. The molecule has 1 N–H and O–H groups in total. The van der Waals surface area contributed by atoms with Gasteiger partial charge in [0.2, 0.25) is 5.91 Å². The Hall–Kier alpha value is -3.70. The molecule has 1 amide bonds. The topological polar surface area (TPSA) is 104 Å². The van der Waals surface area contributed by atoms with Crippen LogP contribution in [0, 0.1) is 19.3 Å². The largest absolute Gasteiger partial charge is 0.347 e. The van der Waals surface area contributed by atoms with Crippen molar-refractivity contribution in [3.05, 3.63) is 53.1 Å². The number of aryl methyl sites for hydroxylation is 2. The molecule has 3 aliphatic rings. The number of aromatic amines is 1. The lowest BCUT2D eigenvalue weighted by Gasteiger charge is -2.58. The highest BCUT2D eigenvalue weighted by Crippen LogP contribution is 2.56. The normalized spacial score (nSPS) is 22.0. The van der Waals surface area contributed by atoms with Crippen LogP contribution >= 0.6 is 11.6 Å². The highest BCUT2D eigenvalue weighted by atomic mass is 35.5. The molecule has 12 heteroatoms. The molecule has 11 nitrogen and oxygen atoms in total. The summed E-state index contributed by atoms with van der Waals surface area (Å²) in [4.78, 5) is 19.0. The Morgan fingerprint density at radius 3 is 2.66 bits per heavy atom. The number of carbonyl (C=O) groups is 1. The fraction of sp³-hybridized carbons (Fsp3) is 0.531. The van der Waals surface area contributed by atoms with Crippen LogP contribution in [0.15, 0.2) is 31.1 Å². The number of anilines is 1. The molecule has 1 saturated carbocycles. The van der Waals surface area contributed by atoms with Gasteiger partial charge in [-0.3, -0.25) is 24.2 Å². The van der Waals surface area contributed by atoms with Gasteiger partial charge >= 0.3 is 0 Å². The summed E-state index contributed by atoms with van der Waals surface area (Å²) >= 11 is 7.17. The number of H-pyrrole nitrogens is 1. The molecule has 0 bridgehead atoms. The van der Waals surface area contributed by atoms with E-state index in [0.717, 1.165) is 108 Å². The number of piperazine rings is 1. The van der Waals surface area contributed by atoms with Crippen molar-refractivity contribution in [1.29, 1.82) is 0 Å². The van der Waals surface area contributed by atoms with E-state index in [2.05, 4.69) is 75.3 Å². The van der Waals surface area contributed by atoms with Gasteiger partial charge in [0.25, 0.3) is 0 Å². The fourth-order valence-electron chi connectivity index (χ4n) is 7.86. The molecular weight excluding hydrogens is 576 g/mol. The van der Waals surface area contributed by atoms with Gasteiger partial charge in [-0.05, 0) is 57.7 Å². The fourth-order valence-corrected chi connectivity index (χ4v) is 8.11. The van der Waals surface area contributed by atoms with E-state index in [1.165, 1.54) is 6.08 Å². The first-order valence-electron chi connectivity index (χ1n) is 15.5. The van der Waals surface area contributed by atoms with Gasteiger partial charge in [-0.15, -0.1) is 5.10 Å². The van der Waals surface area contributed by atoms with Crippen LogP contribution in [0.25, 0.3) is 22.0 Å². The first kappa shape index (κ1) is 29.0. The Morgan fingerprint density at radius 2 is 1.98 bits per heavy atom. The zero-order chi connectivity index (χ0) is 31.0. The average molecular weight is 617 g/mol. The van der Waals surface area contributed by atoms with Crippen molar-refractivity contribution in [1.82, 2.24) is 44.8 Å². The number of halogens is 1. The lowest BCUT2D eigenvalue weighted by Crippen LogP contribution is -2.63. The van der Waals surface area contributed by atoms with Gasteiger partial charge in [-0.1, -0.05) is 30.3 Å². The van der Waals surface area contributed by atoms with Crippen LogP contribution in [0.1, 0.15) is 56.1 Å². The molecule has 44 heavy (non-hydrogen) atoms. The van der Waals surface area contributed by atoms with Crippen LogP contribution in [0.4, 0.5) is 5.82 Å². The number of amides is 1. The van der Waals surface area contributed by atoms with E-state index in [0.29, 0.717) is 0 Å². The summed E-state index contributed by atoms with van der Waals surface area (Å²) in [5, 5.41) is 23.2. The molecule has 1 aromatic carbocycles. The number of fused-ring (bicyclic) bond motifs is 1. The molecule has 0 radical (unpaired) electrons. The number of nitrogens with zero attached hydrogens (tertiary/aromatic N) is 9. The maximum atomic E-state index is 12.1. The molecule has 5 heterocycles. The number of hydrogen-bond donors (Lipinski definition) is 1. The minimum absolute atomic E-state index is 0.0226. The third-order valence-electron chi connectivity index (χ3n) is 10.4. The number of nitrogens with one attached hydrogen (secondary N) is 1. The molecule has 7 rings (SSSR count). The van der Waals surface area contributed by atoms with E-state index in [9.17, 15) is 4.79 Å². The van der Waals surface area contributed by atoms with Crippen molar-refractivity contribution < 1.29 is 4.79 Å². The van der Waals surface area contributed by atoms with Gasteiger partial charge in [-0.2, -0.15) is 10.2 Å². The first-order chi connectivity index (χ1) is 21.0. The quantitative estimate of drug-likeness (QED) is 0.301. The van der Waals surface area contributed by atoms with Gasteiger partial charge in [0.15, 0.2) is 5.82 Å². The molecule has 2 saturated heterocycles. The minimum atomic E-state index is -0.160. The van der Waals surface area contributed by atoms with Gasteiger partial charge in [0.05, 0.1) is 34.0 Å². The summed E-state index contributed by atoms with van der Waals surface area (Å²) in [6, 6.07) is 2.34. The van der Waals surface area contributed by atoms with E-state index in [1.807, 2.05) is 24.3 Å². The van der Waals surface area contributed by atoms with E-state index in [1.54, 1.807) is 4.68 Å². The molecule has 3 aromatic heterocycles. The third-order valence-corrected chi connectivity index (χ3v) is 10.9. The smallest absolute Gasteiger partial charge is 0.245 e. The van der Waals surface area contributed by atoms with E-state index in [4.69, 9.17) is 16.7 Å². The highest BCUT2D eigenvalue weighted by molar-refractivity contribution is 6.36. The predicted octanol–water partition coefficient (Wildman–Crippen LogP) is 4.67. The van der Waals surface area contributed by atoms with Crippen LogP contribution in [-0.2, 0) is 18.4 Å². The summed E-state index contributed by atoms with van der Waals surface area (Å²) in [7, 11) is 1.91. The summed E-state index contributed by atoms with van der Waals surface area (Å²) in [6.07, 6.45) is 8.27. The predicted molar refractivity (Wildman–Crippen MR) is 172 cm³/mol. The average Bonchev–Trinajstić information content (AvgIpc) is 3.67. The summed E-state index contributed by atoms with van der Waals surface area (Å²) in [6.45, 7) is 17.5. The monoisotopic (exact) mass is 616 g/mol. The lowest BCUT2D eigenvalue weighted by molar-refractivity contribution is -0.149. The second-order valence-corrected chi connectivity index (χ2v) is 13.9. The van der Waals surface area contributed by atoms with Crippen LogP contribution in [0.3, 0.4) is 0 Å². The summed E-state index contributed by atoms with van der Waals surface area (Å²) < 4.78 is 4.01. The maximum Gasteiger partial charge on any atom is 0.245 e. The zero-order valence-corrected chi connectivity index (χ0v) is 27.0. The Labute approximate surface area is 262 Å². The maximum absolute atomic E-state index is 12.1. The first-order valence-corrected chi connectivity index (χ1v) is 15.9. The lowest BCUT2D eigenvalue weighted by atomic mass is 9.60.